The molecule has 2 aromatic rings. The molecule has 0 saturated heterocycles. The fourth-order valence-corrected chi connectivity index (χ4v) is 2.49. The summed E-state index contributed by atoms with van der Waals surface area (Å²) in [6.45, 7) is 9.24. The number of ether oxygens (including phenoxy) is 1. The van der Waals surface area contributed by atoms with Crippen molar-refractivity contribution < 1.29 is 4.74 Å². The van der Waals surface area contributed by atoms with Crippen molar-refractivity contribution in [1.29, 1.82) is 0 Å². The third-order valence-corrected chi connectivity index (χ3v) is 4.05. The summed E-state index contributed by atoms with van der Waals surface area (Å²) >= 11 is 5.28. The standard InChI is InChI=1S/C21H27N3OS/c1-15(2)11-12-25-19-8-6-18(7-9-19)14-22-24-21(26)23-20-10-5-16(3)13-17(20)4/h5-10,13-15H,11-12H2,1-4H3,(H2,23,24,26)/b22-14+. The van der Waals surface area contributed by atoms with Crippen LogP contribution in [0.15, 0.2) is 47.6 Å². The SMILES string of the molecule is Cc1ccc(NC(=S)N/N=C/c2ccc(OCCC(C)C)cc2)c(C)c1. The smallest absolute Gasteiger partial charge is 0.191 e. The van der Waals surface area contributed by atoms with Gasteiger partial charge < -0.3 is 10.1 Å². The summed E-state index contributed by atoms with van der Waals surface area (Å²) < 4.78 is 5.71. The lowest BCUT2D eigenvalue weighted by molar-refractivity contribution is 0.289. The van der Waals surface area contributed by atoms with Crippen molar-refractivity contribution >= 4 is 29.2 Å². The Morgan fingerprint density at radius 2 is 1.88 bits per heavy atom. The van der Waals surface area contributed by atoms with Crippen molar-refractivity contribution in [2.45, 2.75) is 34.1 Å². The van der Waals surface area contributed by atoms with Crippen LogP contribution >= 0.6 is 12.2 Å². The first-order valence-electron chi connectivity index (χ1n) is 8.84. The average Bonchev–Trinajstić information content (AvgIpc) is 2.58. The first-order chi connectivity index (χ1) is 12.4. The second-order valence-corrected chi connectivity index (χ2v) is 7.15. The number of nitrogens with zero attached hydrogens (tertiary/aromatic N) is 1. The van der Waals surface area contributed by atoms with E-state index in [1.165, 1.54) is 5.56 Å². The van der Waals surface area contributed by atoms with Crippen LogP contribution in [0.2, 0.25) is 0 Å². The molecule has 138 valence electrons. The Balaban J connectivity index is 1.81. The zero-order valence-corrected chi connectivity index (χ0v) is 16.7. The van der Waals surface area contributed by atoms with Gasteiger partial charge in [0.1, 0.15) is 5.75 Å². The summed E-state index contributed by atoms with van der Waals surface area (Å²) in [6, 6.07) is 14.0. The summed E-state index contributed by atoms with van der Waals surface area (Å²) in [6.07, 6.45) is 2.78. The van der Waals surface area contributed by atoms with E-state index < -0.39 is 0 Å². The summed E-state index contributed by atoms with van der Waals surface area (Å²) in [5.41, 5.74) is 7.16. The van der Waals surface area contributed by atoms with Gasteiger partial charge in [-0.25, -0.2) is 0 Å². The number of thiocarbonyl (C=S) groups is 1. The van der Waals surface area contributed by atoms with Gasteiger partial charge in [-0.1, -0.05) is 31.5 Å². The summed E-state index contributed by atoms with van der Waals surface area (Å²) in [5.74, 6) is 1.52. The molecule has 0 fully saturated rings. The van der Waals surface area contributed by atoms with Crippen molar-refractivity contribution in [2.24, 2.45) is 11.0 Å². The Kier molecular flexibility index (Phi) is 7.60. The largest absolute Gasteiger partial charge is 0.494 e. The van der Waals surface area contributed by atoms with Gasteiger partial charge in [0.15, 0.2) is 5.11 Å². The highest BCUT2D eigenvalue weighted by molar-refractivity contribution is 7.80. The molecule has 0 spiro atoms. The minimum absolute atomic E-state index is 0.460. The fraction of sp³-hybridized carbons (Fsp3) is 0.333. The van der Waals surface area contributed by atoms with Gasteiger partial charge >= 0.3 is 0 Å². The lowest BCUT2D eigenvalue weighted by Crippen LogP contribution is -2.24. The normalized spacial score (nSPS) is 11.0. The molecule has 0 bridgehead atoms. The number of hydrogen-bond acceptors (Lipinski definition) is 3. The molecule has 4 nitrogen and oxygen atoms in total. The van der Waals surface area contributed by atoms with Gasteiger partial charge in [-0.05, 0) is 79.9 Å². The van der Waals surface area contributed by atoms with E-state index in [0.29, 0.717) is 11.0 Å². The molecule has 0 amide bonds. The molecule has 0 heterocycles. The predicted octanol–water partition coefficient (Wildman–Crippen LogP) is 5.05. The lowest BCUT2D eigenvalue weighted by Gasteiger charge is -2.10. The third kappa shape index (κ3) is 6.84. The van der Waals surface area contributed by atoms with E-state index in [-0.39, 0.29) is 0 Å². The van der Waals surface area contributed by atoms with Crippen molar-refractivity contribution in [3.05, 3.63) is 59.2 Å². The molecule has 26 heavy (non-hydrogen) atoms. The van der Waals surface area contributed by atoms with Crippen LogP contribution in [-0.4, -0.2) is 17.9 Å². The van der Waals surface area contributed by atoms with Crippen LogP contribution in [0.5, 0.6) is 5.75 Å². The molecule has 0 aliphatic heterocycles. The second kappa shape index (κ2) is 9.92. The maximum Gasteiger partial charge on any atom is 0.191 e. The van der Waals surface area contributed by atoms with Crippen LogP contribution < -0.4 is 15.5 Å². The third-order valence-electron chi connectivity index (χ3n) is 3.85. The average molecular weight is 370 g/mol. The van der Waals surface area contributed by atoms with E-state index in [1.807, 2.05) is 43.3 Å². The number of nitrogens with one attached hydrogen (secondary N) is 2. The van der Waals surface area contributed by atoms with E-state index in [1.54, 1.807) is 6.21 Å². The molecule has 2 aromatic carbocycles. The van der Waals surface area contributed by atoms with Gasteiger partial charge in [0.05, 0.1) is 12.8 Å². The molecular weight excluding hydrogens is 342 g/mol. The highest BCUT2D eigenvalue weighted by Gasteiger charge is 2.00. The van der Waals surface area contributed by atoms with Gasteiger partial charge in [-0.3, -0.25) is 5.43 Å². The van der Waals surface area contributed by atoms with Gasteiger partial charge in [-0.15, -0.1) is 0 Å². The van der Waals surface area contributed by atoms with Crippen LogP contribution in [0.4, 0.5) is 5.69 Å². The van der Waals surface area contributed by atoms with Crippen LogP contribution in [0, 0.1) is 19.8 Å². The van der Waals surface area contributed by atoms with Crippen molar-refractivity contribution in [3.8, 4) is 5.75 Å². The van der Waals surface area contributed by atoms with Crippen LogP contribution in [-0.2, 0) is 0 Å². The van der Waals surface area contributed by atoms with Gasteiger partial charge in [-0.2, -0.15) is 5.10 Å². The van der Waals surface area contributed by atoms with Crippen molar-refractivity contribution in [2.75, 3.05) is 11.9 Å². The predicted molar refractivity (Wildman–Crippen MR) is 114 cm³/mol. The molecule has 0 radical (unpaired) electrons. The highest BCUT2D eigenvalue weighted by Crippen LogP contribution is 2.16. The quantitative estimate of drug-likeness (QED) is 0.407. The number of rotatable bonds is 7. The molecule has 2 N–H and O–H groups in total. The lowest BCUT2D eigenvalue weighted by atomic mass is 10.1. The summed E-state index contributed by atoms with van der Waals surface area (Å²) in [7, 11) is 0. The first-order valence-corrected chi connectivity index (χ1v) is 9.25. The van der Waals surface area contributed by atoms with Crippen LogP contribution in [0.3, 0.4) is 0 Å². The molecule has 0 unspecified atom stereocenters. The van der Waals surface area contributed by atoms with E-state index >= 15 is 0 Å². The fourth-order valence-electron chi connectivity index (χ4n) is 2.33. The van der Waals surface area contributed by atoms with Crippen LogP contribution in [0.1, 0.15) is 37.0 Å². The molecule has 0 atom stereocenters. The summed E-state index contributed by atoms with van der Waals surface area (Å²) in [4.78, 5) is 0. The molecule has 0 aliphatic rings. The Hall–Kier alpha value is -2.40. The molecule has 5 heteroatoms. The number of hydrazone groups is 1. The maximum atomic E-state index is 5.71. The molecule has 0 aromatic heterocycles. The van der Waals surface area contributed by atoms with Crippen LogP contribution in [0.25, 0.3) is 0 Å². The number of aryl methyl sites for hydroxylation is 2. The number of hydrogen-bond donors (Lipinski definition) is 2. The Bertz CT molecular complexity index is 754. The Labute approximate surface area is 161 Å². The second-order valence-electron chi connectivity index (χ2n) is 6.74. The van der Waals surface area contributed by atoms with E-state index in [4.69, 9.17) is 17.0 Å². The van der Waals surface area contributed by atoms with Gasteiger partial charge in [0, 0.05) is 5.69 Å². The zero-order valence-electron chi connectivity index (χ0n) is 15.9. The Morgan fingerprint density at radius 1 is 1.15 bits per heavy atom. The molecule has 0 aliphatic carbocycles. The number of benzene rings is 2. The topological polar surface area (TPSA) is 45.7 Å². The van der Waals surface area contributed by atoms with E-state index in [9.17, 15) is 0 Å². The maximum absolute atomic E-state index is 5.71. The monoisotopic (exact) mass is 369 g/mol. The van der Waals surface area contributed by atoms with Gasteiger partial charge in [0.25, 0.3) is 0 Å². The number of anilines is 1. The first kappa shape index (κ1) is 19.9. The molecular formula is C21H27N3OS. The minimum Gasteiger partial charge on any atom is -0.494 e. The minimum atomic E-state index is 0.460. The Morgan fingerprint density at radius 3 is 2.54 bits per heavy atom. The molecule has 0 saturated carbocycles. The summed E-state index contributed by atoms with van der Waals surface area (Å²) in [5, 5.41) is 7.79. The van der Waals surface area contributed by atoms with Crippen molar-refractivity contribution in [1.82, 2.24) is 5.43 Å². The molecule has 2 rings (SSSR count). The highest BCUT2D eigenvalue weighted by atomic mass is 32.1. The van der Waals surface area contributed by atoms with Gasteiger partial charge in [0.2, 0.25) is 0 Å². The van der Waals surface area contributed by atoms with E-state index in [0.717, 1.165) is 35.6 Å². The van der Waals surface area contributed by atoms with Crippen molar-refractivity contribution in [3.63, 3.8) is 0 Å². The van der Waals surface area contributed by atoms with E-state index in [2.05, 4.69) is 42.7 Å². The zero-order chi connectivity index (χ0) is 18.9.